The fourth-order valence-corrected chi connectivity index (χ4v) is 3.13. The van der Waals surface area contributed by atoms with Crippen molar-refractivity contribution in [2.24, 2.45) is 0 Å². The molecular formula is C17H15ClN2O. The van der Waals surface area contributed by atoms with Crippen LogP contribution in [0.5, 0.6) is 5.75 Å². The van der Waals surface area contributed by atoms with Crippen LogP contribution in [-0.4, -0.2) is 12.1 Å². The summed E-state index contributed by atoms with van der Waals surface area (Å²) in [5.41, 5.74) is 4.62. The average Bonchev–Trinajstić information content (AvgIpc) is 2.53. The summed E-state index contributed by atoms with van der Waals surface area (Å²) in [4.78, 5) is 4.42. The number of rotatable bonds is 2. The van der Waals surface area contributed by atoms with Crippen LogP contribution in [0.4, 0.5) is 0 Å². The molecule has 1 aromatic heterocycles. The molecule has 0 N–H and O–H groups in total. The molecule has 0 radical (unpaired) electrons. The van der Waals surface area contributed by atoms with Crippen molar-refractivity contribution in [2.45, 2.75) is 25.7 Å². The molecule has 0 fully saturated rings. The van der Waals surface area contributed by atoms with E-state index in [1.807, 2.05) is 24.3 Å². The number of hydrogen-bond donors (Lipinski definition) is 0. The van der Waals surface area contributed by atoms with Crippen molar-refractivity contribution in [1.29, 1.82) is 5.26 Å². The molecule has 1 aliphatic carbocycles. The standard InChI is InChI=1S/C17H15ClN2O/c1-21-12-8-6-11(7-9-12)16-13-4-2-3-5-15(13)20-17(18)14(16)10-19/h6-9H,2-5H2,1H3. The van der Waals surface area contributed by atoms with Gasteiger partial charge in [-0.05, 0) is 48.9 Å². The summed E-state index contributed by atoms with van der Waals surface area (Å²) in [7, 11) is 1.64. The topological polar surface area (TPSA) is 45.9 Å². The molecule has 1 aliphatic rings. The molecule has 0 aliphatic heterocycles. The summed E-state index contributed by atoms with van der Waals surface area (Å²) in [6.45, 7) is 0. The van der Waals surface area contributed by atoms with Gasteiger partial charge >= 0.3 is 0 Å². The number of aromatic nitrogens is 1. The van der Waals surface area contributed by atoms with Gasteiger partial charge in [0.2, 0.25) is 0 Å². The SMILES string of the molecule is COc1ccc(-c2c(C#N)c(Cl)nc3c2CCCC3)cc1. The highest BCUT2D eigenvalue weighted by atomic mass is 35.5. The molecule has 3 rings (SSSR count). The summed E-state index contributed by atoms with van der Waals surface area (Å²) in [5.74, 6) is 0.797. The van der Waals surface area contributed by atoms with Gasteiger partial charge in [0.15, 0.2) is 0 Å². The second kappa shape index (κ2) is 5.75. The van der Waals surface area contributed by atoms with Gasteiger partial charge in [0.1, 0.15) is 17.0 Å². The third-order valence-electron chi connectivity index (χ3n) is 3.92. The normalized spacial score (nSPS) is 13.4. The number of aryl methyl sites for hydroxylation is 1. The van der Waals surface area contributed by atoms with Crippen LogP contribution >= 0.6 is 11.6 Å². The predicted molar refractivity (Wildman–Crippen MR) is 82.6 cm³/mol. The van der Waals surface area contributed by atoms with Crippen molar-refractivity contribution in [3.05, 3.63) is 46.2 Å². The maximum Gasteiger partial charge on any atom is 0.147 e. The quantitative estimate of drug-likeness (QED) is 0.782. The second-order valence-corrected chi connectivity index (χ2v) is 5.48. The number of methoxy groups -OCH3 is 1. The molecule has 4 heteroatoms. The van der Waals surface area contributed by atoms with Crippen molar-refractivity contribution in [3.8, 4) is 22.9 Å². The number of fused-ring (bicyclic) bond motifs is 1. The van der Waals surface area contributed by atoms with Crippen molar-refractivity contribution in [3.63, 3.8) is 0 Å². The van der Waals surface area contributed by atoms with E-state index in [-0.39, 0.29) is 0 Å². The van der Waals surface area contributed by atoms with Crippen LogP contribution in [0, 0.1) is 11.3 Å². The molecule has 21 heavy (non-hydrogen) atoms. The summed E-state index contributed by atoms with van der Waals surface area (Å²) >= 11 is 6.22. The Morgan fingerprint density at radius 3 is 2.57 bits per heavy atom. The van der Waals surface area contributed by atoms with Gasteiger partial charge in [0.05, 0.1) is 12.7 Å². The highest BCUT2D eigenvalue weighted by Gasteiger charge is 2.22. The van der Waals surface area contributed by atoms with Crippen LogP contribution in [0.2, 0.25) is 5.15 Å². The number of ether oxygens (including phenoxy) is 1. The van der Waals surface area contributed by atoms with E-state index in [9.17, 15) is 5.26 Å². The Labute approximate surface area is 129 Å². The van der Waals surface area contributed by atoms with E-state index in [0.717, 1.165) is 48.3 Å². The van der Waals surface area contributed by atoms with Crippen LogP contribution in [0.25, 0.3) is 11.1 Å². The highest BCUT2D eigenvalue weighted by Crippen LogP contribution is 2.36. The van der Waals surface area contributed by atoms with E-state index in [1.54, 1.807) is 7.11 Å². The van der Waals surface area contributed by atoms with Gasteiger partial charge < -0.3 is 4.74 Å². The molecule has 1 aromatic carbocycles. The minimum atomic E-state index is 0.309. The average molecular weight is 299 g/mol. The monoisotopic (exact) mass is 298 g/mol. The third-order valence-corrected chi connectivity index (χ3v) is 4.19. The first-order valence-corrected chi connectivity index (χ1v) is 7.38. The van der Waals surface area contributed by atoms with E-state index >= 15 is 0 Å². The van der Waals surface area contributed by atoms with Crippen molar-refractivity contribution in [2.75, 3.05) is 7.11 Å². The largest absolute Gasteiger partial charge is 0.497 e. The fraction of sp³-hybridized carbons (Fsp3) is 0.294. The molecule has 0 saturated carbocycles. The Balaban J connectivity index is 2.23. The number of nitrogens with zero attached hydrogens (tertiary/aromatic N) is 2. The number of hydrogen-bond acceptors (Lipinski definition) is 3. The smallest absolute Gasteiger partial charge is 0.147 e. The van der Waals surface area contributed by atoms with Crippen LogP contribution in [-0.2, 0) is 12.8 Å². The first-order valence-electron chi connectivity index (χ1n) is 7.00. The van der Waals surface area contributed by atoms with E-state index in [0.29, 0.717) is 10.7 Å². The Morgan fingerprint density at radius 1 is 1.19 bits per heavy atom. The van der Waals surface area contributed by atoms with Crippen molar-refractivity contribution >= 4 is 11.6 Å². The lowest BCUT2D eigenvalue weighted by molar-refractivity contribution is 0.415. The van der Waals surface area contributed by atoms with Gasteiger partial charge in [-0.1, -0.05) is 23.7 Å². The van der Waals surface area contributed by atoms with E-state index in [4.69, 9.17) is 16.3 Å². The van der Waals surface area contributed by atoms with Gasteiger partial charge in [-0.15, -0.1) is 0 Å². The van der Waals surface area contributed by atoms with Crippen molar-refractivity contribution < 1.29 is 4.74 Å². The van der Waals surface area contributed by atoms with Gasteiger partial charge in [-0.3, -0.25) is 0 Å². The van der Waals surface area contributed by atoms with Gasteiger partial charge in [-0.2, -0.15) is 5.26 Å². The minimum Gasteiger partial charge on any atom is -0.497 e. The molecule has 1 heterocycles. The second-order valence-electron chi connectivity index (χ2n) is 5.13. The summed E-state index contributed by atoms with van der Waals surface area (Å²) in [6.07, 6.45) is 4.15. The molecule has 0 spiro atoms. The molecule has 0 atom stereocenters. The maximum atomic E-state index is 9.46. The molecule has 0 bridgehead atoms. The van der Waals surface area contributed by atoms with Crippen LogP contribution in [0.3, 0.4) is 0 Å². The Kier molecular flexibility index (Phi) is 3.81. The summed E-state index contributed by atoms with van der Waals surface area (Å²) in [6, 6.07) is 9.97. The number of halogens is 1. The lowest BCUT2D eigenvalue weighted by Crippen LogP contribution is -2.09. The van der Waals surface area contributed by atoms with Crippen LogP contribution in [0.15, 0.2) is 24.3 Å². The highest BCUT2D eigenvalue weighted by molar-refractivity contribution is 6.31. The lowest BCUT2D eigenvalue weighted by atomic mass is 9.87. The van der Waals surface area contributed by atoms with Gasteiger partial charge in [0, 0.05) is 11.3 Å². The van der Waals surface area contributed by atoms with E-state index < -0.39 is 0 Å². The van der Waals surface area contributed by atoms with E-state index in [2.05, 4.69) is 11.1 Å². The number of nitriles is 1. The van der Waals surface area contributed by atoms with E-state index in [1.165, 1.54) is 5.56 Å². The molecule has 0 saturated heterocycles. The lowest BCUT2D eigenvalue weighted by Gasteiger charge is -2.20. The summed E-state index contributed by atoms with van der Waals surface area (Å²) < 4.78 is 5.19. The number of pyridine rings is 1. The zero-order valence-electron chi connectivity index (χ0n) is 11.8. The zero-order valence-corrected chi connectivity index (χ0v) is 12.6. The first-order chi connectivity index (χ1) is 10.2. The fourth-order valence-electron chi connectivity index (χ4n) is 2.89. The van der Waals surface area contributed by atoms with Gasteiger partial charge in [-0.25, -0.2) is 4.98 Å². The summed E-state index contributed by atoms with van der Waals surface area (Å²) in [5, 5.41) is 9.77. The third kappa shape index (κ3) is 2.48. The van der Waals surface area contributed by atoms with Crippen LogP contribution < -0.4 is 4.74 Å². The molecule has 0 unspecified atom stereocenters. The first kappa shape index (κ1) is 13.9. The maximum absolute atomic E-state index is 9.46. The Morgan fingerprint density at radius 2 is 1.90 bits per heavy atom. The predicted octanol–water partition coefficient (Wildman–Crippen LogP) is 4.16. The Bertz CT molecular complexity index is 717. The van der Waals surface area contributed by atoms with Gasteiger partial charge in [0.25, 0.3) is 0 Å². The zero-order chi connectivity index (χ0) is 14.8. The Hall–Kier alpha value is -2.05. The molecule has 0 amide bonds. The molecule has 2 aromatic rings. The number of benzene rings is 1. The minimum absolute atomic E-state index is 0.309. The molecular weight excluding hydrogens is 284 g/mol. The van der Waals surface area contributed by atoms with Crippen molar-refractivity contribution in [1.82, 2.24) is 4.98 Å². The van der Waals surface area contributed by atoms with Crippen LogP contribution in [0.1, 0.15) is 29.7 Å². The molecule has 3 nitrogen and oxygen atoms in total. The molecule has 106 valence electrons.